The Bertz CT molecular complexity index is 373. The van der Waals surface area contributed by atoms with Crippen LogP contribution in [0.1, 0.15) is 64.2 Å². The van der Waals surface area contributed by atoms with Crippen LogP contribution < -0.4 is 16.4 Å². The predicted octanol–water partition coefficient (Wildman–Crippen LogP) is 2.13. The number of nitrogens with two attached hydrogens (primary N) is 1. The topological polar surface area (TPSA) is 84.2 Å². The summed E-state index contributed by atoms with van der Waals surface area (Å²) in [6, 6.07) is 0.166. The Hall–Kier alpha value is -0.810. The smallest absolute Gasteiger partial charge is 0.223 e. The van der Waals surface area contributed by atoms with E-state index in [1.54, 1.807) is 0 Å². The number of carbonyl (C=O) groups excluding carboxylic acids is 2. The van der Waals surface area contributed by atoms with Crippen LogP contribution in [0.3, 0.4) is 0 Å². The van der Waals surface area contributed by atoms with Crippen molar-refractivity contribution in [3.63, 3.8) is 0 Å². The summed E-state index contributed by atoms with van der Waals surface area (Å²) < 4.78 is 0. The lowest BCUT2D eigenvalue weighted by Crippen LogP contribution is -2.41. The van der Waals surface area contributed by atoms with E-state index in [1.807, 2.05) is 0 Å². The van der Waals surface area contributed by atoms with Gasteiger partial charge in [-0.25, -0.2) is 0 Å². The average Bonchev–Trinajstić information content (AvgIpc) is 2.52. The van der Waals surface area contributed by atoms with E-state index >= 15 is 0 Å². The number of halogens is 1. The van der Waals surface area contributed by atoms with Gasteiger partial charge in [0.25, 0.3) is 0 Å². The second-order valence-electron chi connectivity index (χ2n) is 6.97. The summed E-state index contributed by atoms with van der Waals surface area (Å²) in [4.78, 5) is 23.9. The maximum atomic E-state index is 12.0. The molecule has 2 fully saturated rings. The Morgan fingerprint density at radius 1 is 0.913 bits per heavy atom. The maximum Gasteiger partial charge on any atom is 0.223 e. The highest BCUT2D eigenvalue weighted by Crippen LogP contribution is 2.26. The fourth-order valence-corrected chi connectivity index (χ4v) is 3.72. The molecule has 0 heterocycles. The van der Waals surface area contributed by atoms with Crippen molar-refractivity contribution in [1.82, 2.24) is 10.6 Å². The summed E-state index contributed by atoms with van der Waals surface area (Å²) >= 11 is 0. The lowest BCUT2D eigenvalue weighted by atomic mass is 9.85. The van der Waals surface area contributed by atoms with Crippen LogP contribution in [-0.4, -0.2) is 30.9 Å². The molecule has 2 amide bonds. The highest BCUT2D eigenvalue weighted by Gasteiger charge is 2.24. The van der Waals surface area contributed by atoms with Crippen molar-refractivity contribution >= 4 is 24.2 Å². The van der Waals surface area contributed by atoms with E-state index in [2.05, 4.69) is 10.6 Å². The molecular weight excluding hydrogens is 314 g/mol. The molecule has 5 nitrogen and oxygen atoms in total. The molecule has 2 atom stereocenters. The minimum Gasteiger partial charge on any atom is -0.354 e. The predicted molar refractivity (Wildman–Crippen MR) is 94.4 cm³/mol. The van der Waals surface area contributed by atoms with Crippen molar-refractivity contribution in [1.29, 1.82) is 0 Å². The molecule has 0 aromatic rings. The number of hydrogen-bond acceptors (Lipinski definition) is 3. The Labute approximate surface area is 145 Å². The Morgan fingerprint density at radius 3 is 2.30 bits per heavy atom. The quantitative estimate of drug-likeness (QED) is 0.645. The maximum absolute atomic E-state index is 12.0. The largest absolute Gasteiger partial charge is 0.354 e. The molecule has 2 rings (SSSR count). The molecular formula is C17H32ClN3O2. The van der Waals surface area contributed by atoms with Gasteiger partial charge in [-0.15, -0.1) is 12.4 Å². The molecule has 2 aliphatic carbocycles. The number of amides is 2. The first-order valence-electron chi connectivity index (χ1n) is 8.95. The summed E-state index contributed by atoms with van der Waals surface area (Å²) in [5.41, 5.74) is 5.91. The van der Waals surface area contributed by atoms with E-state index in [0.717, 1.165) is 25.7 Å². The van der Waals surface area contributed by atoms with Crippen molar-refractivity contribution < 1.29 is 9.59 Å². The molecule has 134 valence electrons. The van der Waals surface area contributed by atoms with E-state index in [4.69, 9.17) is 5.73 Å². The SMILES string of the molecule is Cl.NC1CCCC(C(=O)NCCNC(=O)CC2CCCCC2)C1. The molecule has 0 aromatic carbocycles. The Kier molecular flexibility index (Phi) is 9.56. The van der Waals surface area contributed by atoms with Crippen LogP contribution in [0, 0.1) is 11.8 Å². The van der Waals surface area contributed by atoms with Gasteiger partial charge in [0.1, 0.15) is 0 Å². The number of rotatable bonds is 6. The molecule has 0 spiro atoms. The van der Waals surface area contributed by atoms with Crippen LogP contribution in [0.25, 0.3) is 0 Å². The third-order valence-electron chi connectivity index (χ3n) is 5.03. The molecule has 6 heteroatoms. The van der Waals surface area contributed by atoms with E-state index < -0.39 is 0 Å². The molecule has 4 N–H and O–H groups in total. The van der Waals surface area contributed by atoms with Crippen molar-refractivity contribution in [2.45, 2.75) is 70.3 Å². The summed E-state index contributed by atoms with van der Waals surface area (Å²) in [5, 5.41) is 5.84. The summed E-state index contributed by atoms with van der Waals surface area (Å²) in [6.07, 6.45) is 10.7. The molecule has 2 saturated carbocycles. The fourth-order valence-electron chi connectivity index (χ4n) is 3.72. The molecule has 23 heavy (non-hydrogen) atoms. The zero-order valence-electron chi connectivity index (χ0n) is 14.0. The highest BCUT2D eigenvalue weighted by molar-refractivity contribution is 5.85. The molecule has 0 aromatic heterocycles. The number of nitrogens with one attached hydrogen (secondary N) is 2. The van der Waals surface area contributed by atoms with Crippen LogP contribution in [0.4, 0.5) is 0 Å². The van der Waals surface area contributed by atoms with Gasteiger partial charge in [-0.1, -0.05) is 25.7 Å². The molecule has 2 unspecified atom stereocenters. The van der Waals surface area contributed by atoms with Crippen molar-refractivity contribution in [2.24, 2.45) is 17.6 Å². The Morgan fingerprint density at radius 2 is 1.61 bits per heavy atom. The Balaban J connectivity index is 0.00000264. The normalized spacial score (nSPS) is 25.3. The van der Waals surface area contributed by atoms with Crippen LogP contribution in [-0.2, 0) is 9.59 Å². The number of hydrogen-bond donors (Lipinski definition) is 3. The summed E-state index contributed by atoms with van der Waals surface area (Å²) in [5.74, 6) is 0.839. The van der Waals surface area contributed by atoms with Crippen molar-refractivity contribution in [3.05, 3.63) is 0 Å². The van der Waals surface area contributed by atoms with E-state index in [9.17, 15) is 9.59 Å². The minimum absolute atomic E-state index is 0. The summed E-state index contributed by atoms with van der Waals surface area (Å²) in [7, 11) is 0. The van der Waals surface area contributed by atoms with Gasteiger partial charge < -0.3 is 16.4 Å². The minimum atomic E-state index is 0. The van der Waals surface area contributed by atoms with Gasteiger partial charge in [-0.3, -0.25) is 9.59 Å². The zero-order valence-corrected chi connectivity index (χ0v) is 14.8. The van der Waals surface area contributed by atoms with Gasteiger partial charge >= 0.3 is 0 Å². The van der Waals surface area contributed by atoms with Gasteiger partial charge in [0, 0.05) is 31.5 Å². The average molecular weight is 346 g/mol. The van der Waals surface area contributed by atoms with Gasteiger partial charge in [0.15, 0.2) is 0 Å². The molecule has 0 bridgehead atoms. The molecule has 0 saturated heterocycles. The van der Waals surface area contributed by atoms with Gasteiger partial charge in [0.05, 0.1) is 0 Å². The second-order valence-corrected chi connectivity index (χ2v) is 6.97. The van der Waals surface area contributed by atoms with Crippen LogP contribution in [0.2, 0.25) is 0 Å². The first-order chi connectivity index (χ1) is 10.6. The molecule has 0 radical (unpaired) electrons. The van der Waals surface area contributed by atoms with Gasteiger partial charge in [-0.2, -0.15) is 0 Å². The fraction of sp³-hybridized carbons (Fsp3) is 0.882. The lowest BCUT2D eigenvalue weighted by molar-refractivity contribution is -0.126. The zero-order chi connectivity index (χ0) is 15.8. The second kappa shape index (κ2) is 10.9. The first-order valence-corrected chi connectivity index (χ1v) is 8.95. The van der Waals surface area contributed by atoms with Crippen LogP contribution in [0.5, 0.6) is 0 Å². The van der Waals surface area contributed by atoms with E-state index in [-0.39, 0.29) is 36.2 Å². The lowest BCUT2D eigenvalue weighted by Gasteiger charge is -2.25. The van der Waals surface area contributed by atoms with Crippen LogP contribution in [0.15, 0.2) is 0 Å². The third-order valence-corrected chi connectivity index (χ3v) is 5.03. The van der Waals surface area contributed by atoms with E-state index in [0.29, 0.717) is 25.4 Å². The standard InChI is InChI=1S/C17H31N3O2.ClH/c18-15-8-4-7-14(12-15)17(22)20-10-9-19-16(21)11-13-5-2-1-3-6-13;/h13-15H,1-12,18H2,(H,19,21)(H,20,22);1H. The van der Waals surface area contributed by atoms with Crippen molar-refractivity contribution in [2.75, 3.05) is 13.1 Å². The van der Waals surface area contributed by atoms with Gasteiger partial charge in [-0.05, 0) is 38.0 Å². The highest BCUT2D eigenvalue weighted by atomic mass is 35.5. The van der Waals surface area contributed by atoms with Gasteiger partial charge in [0.2, 0.25) is 11.8 Å². The first kappa shape index (κ1) is 20.2. The number of carbonyl (C=O) groups is 2. The monoisotopic (exact) mass is 345 g/mol. The van der Waals surface area contributed by atoms with E-state index in [1.165, 1.54) is 32.1 Å². The molecule has 2 aliphatic rings. The molecule has 0 aliphatic heterocycles. The third kappa shape index (κ3) is 7.53. The van der Waals surface area contributed by atoms with Crippen LogP contribution >= 0.6 is 12.4 Å². The van der Waals surface area contributed by atoms with Crippen molar-refractivity contribution in [3.8, 4) is 0 Å². The summed E-state index contributed by atoms with van der Waals surface area (Å²) in [6.45, 7) is 1.04.